The summed E-state index contributed by atoms with van der Waals surface area (Å²) in [6.07, 6.45) is -3.76. The van der Waals surface area contributed by atoms with Gasteiger partial charge < -0.3 is 4.74 Å². The molecule has 0 N–H and O–H groups in total. The first-order valence-corrected chi connectivity index (χ1v) is 6.43. The van der Waals surface area contributed by atoms with E-state index in [0.717, 1.165) is 17.7 Å². The molecule has 0 bridgehead atoms. The molecule has 0 aliphatic carbocycles. The number of halogens is 3. The third-order valence-corrected chi connectivity index (χ3v) is 3.41. The van der Waals surface area contributed by atoms with E-state index in [1.54, 1.807) is 12.1 Å². The van der Waals surface area contributed by atoms with Crippen molar-refractivity contribution in [1.82, 2.24) is 0 Å². The Labute approximate surface area is 119 Å². The van der Waals surface area contributed by atoms with Crippen LogP contribution in [0, 0.1) is 0 Å². The van der Waals surface area contributed by atoms with E-state index in [4.69, 9.17) is 4.74 Å². The smallest absolute Gasteiger partial charge is 0.416 e. The van der Waals surface area contributed by atoms with E-state index in [9.17, 15) is 18.0 Å². The Kier molecular flexibility index (Phi) is 3.20. The molecule has 5 heteroatoms. The quantitative estimate of drug-likeness (QED) is 0.785. The molecule has 0 amide bonds. The molecule has 0 fully saturated rings. The molecule has 0 aromatic heterocycles. The summed E-state index contributed by atoms with van der Waals surface area (Å²) >= 11 is 0. The molecule has 0 radical (unpaired) electrons. The molecule has 0 unspecified atom stereocenters. The second-order valence-corrected chi connectivity index (χ2v) is 4.80. The monoisotopic (exact) mass is 292 g/mol. The lowest BCUT2D eigenvalue weighted by Gasteiger charge is -2.10. The van der Waals surface area contributed by atoms with Crippen LogP contribution >= 0.6 is 0 Å². The molecule has 0 atom stereocenters. The van der Waals surface area contributed by atoms with Crippen LogP contribution in [-0.2, 0) is 12.6 Å². The van der Waals surface area contributed by atoms with E-state index in [1.807, 2.05) is 6.07 Å². The summed E-state index contributed by atoms with van der Waals surface area (Å²) in [6, 6.07) is 9.58. The van der Waals surface area contributed by atoms with Crippen LogP contribution in [0.25, 0.3) is 0 Å². The molecule has 3 rings (SSSR count). The number of alkyl halides is 3. The van der Waals surface area contributed by atoms with Crippen molar-refractivity contribution in [2.75, 3.05) is 6.61 Å². The summed E-state index contributed by atoms with van der Waals surface area (Å²) < 4.78 is 43.6. The van der Waals surface area contributed by atoms with Gasteiger partial charge in [-0.1, -0.05) is 24.3 Å². The number of ketones is 1. The first kappa shape index (κ1) is 13.7. The molecule has 2 aromatic rings. The topological polar surface area (TPSA) is 26.3 Å². The van der Waals surface area contributed by atoms with Crippen LogP contribution < -0.4 is 4.74 Å². The average Bonchev–Trinajstić information content (AvgIpc) is 2.94. The summed E-state index contributed by atoms with van der Waals surface area (Å²) in [7, 11) is 0. The summed E-state index contributed by atoms with van der Waals surface area (Å²) in [5.74, 6) is 0.0276. The minimum atomic E-state index is -4.47. The van der Waals surface area contributed by atoms with Gasteiger partial charge in [-0.05, 0) is 23.8 Å². The number of carbonyl (C=O) groups is 1. The van der Waals surface area contributed by atoms with E-state index in [0.29, 0.717) is 24.3 Å². The Hall–Kier alpha value is -2.30. The van der Waals surface area contributed by atoms with Gasteiger partial charge in [0.05, 0.1) is 17.7 Å². The van der Waals surface area contributed by atoms with Gasteiger partial charge in [-0.15, -0.1) is 0 Å². The minimum Gasteiger partial charge on any atom is -0.492 e. The fraction of sp³-hybridized carbons (Fsp3) is 0.188. The van der Waals surface area contributed by atoms with Crippen LogP contribution in [0.3, 0.4) is 0 Å². The van der Waals surface area contributed by atoms with Crippen molar-refractivity contribution in [3.63, 3.8) is 0 Å². The largest absolute Gasteiger partial charge is 0.492 e. The standard InChI is InChI=1S/C16H11F3O2/c17-16(18,19)12-5-1-4-11(9-12)14(20)13-6-2-3-10-7-8-21-15(10)13/h1-6,9H,7-8H2. The normalized spacial score (nSPS) is 13.7. The third-order valence-electron chi connectivity index (χ3n) is 3.41. The molecule has 1 aliphatic heterocycles. The molecule has 1 aliphatic rings. The molecule has 1 heterocycles. The maximum Gasteiger partial charge on any atom is 0.416 e. The van der Waals surface area contributed by atoms with Crippen molar-refractivity contribution >= 4 is 5.78 Å². The van der Waals surface area contributed by atoms with Gasteiger partial charge in [0.15, 0.2) is 5.78 Å². The highest BCUT2D eigenvalue weighted by atomic mass is 19.4. The number of rotatable bonds is 2. The molecule has 2 aromatic carbocycles. The second kappa shape index (κ2) is 4.91. The van der Waals surface area contributed by atoms with Crippen molar-refractivity contribution in [1.29, 1.82) is 0 Å². The number of fused-ring (bicyclic) bond motifs is 1. The zero-order valence-corrected chi connectivity index (χ0v) is 10.9. The zero-order chi connectivity index (χ0) is 15.0. The lowest BCUT2D eigenvalue weighted by molar-refractivity contribution is -0.137. The van der Waals surface area contributed by atoms with Crippen molar-refractivity contribution in [3.05, 3.63) is 64.7 Å². The van der Waals surface area contributed by atoms with Gasteiger partial charge >= 0.3 is 6.18 Å². The fourth-order valence-electron chi connectivity index (χ4n) is 2.39. The molecule has 0 saturated carbocycles. The summed E-state index contributed by atoms with van der Waals surface area (Å²) in [5, 5.41) is 0. The Balaban J connectivity index is 2.02. The Morgan fingerprint density at radius 2 is 1.86 bits per heavy atom. The molecule has 0 spiro atoms. The summed E-state index contributed by atoms with van der Waals surface area (Å²) in [5.41, 5.74) is 0.396. The van der Waals surface area contributed by atoms with E-state index < -0.39 is 17.5 Å². The van der Waals surface area contributed by atoms with Crippen LogP contribution in [0.1, 0.15) is 27.0 Å². The Morgan fingerprint density at radius 3 is 2.62 bits per heavy atom. The zero-order valence-electron chi connectivity index (χ0n) is 10.9. The predicted octanol–water partition coefficient (Wildman–Crippen LogP) is 3.87. The number of ether oxygens (including phenoxy) is 1. The lowest BCUT2D eigenvalue weighted by atomic mass is 9.98. The number of hydrogen-bond acceptors (Lipinski definition) is 2. The Morgan fingerprint density at radius 1 is 1.10 bits per heavy atom. The number of benzene rings is 2. The fourth-order valence-corrected chi connectivity index (χ4v) is 2.39. The van der Waals surface area contributed by atoms with Crippen molar-refractivity contribution < 1.29 is 22.7 Å². The molecular weight excluding hydrogens is 281 g/mol. The van der Waals surface area contributed by atoms with Crippen LogP contribution in [-0.4, -0.2) is 12.4 Å². The Bertz CT molecular complexity index is 705. The average molecular weight is 292 g/mol. The molecule has 0 saturated heterocycles. The van der Waals surface area contributed by atoms with Crippen LogP contribution in [0.5, 0.6) is 5.75 Å². The first-order chi connectivity index (χ1) is 9.97. The van der Waals surface area contributed by atoms with Crippen LogP contribution in [0.2, 0.25) is 0 Å². The number of para-hydroxylation sites is 1. The number of hydrogen-bond donors (Lipinski definition) is 0. The number of carbonyl (C=O) groups excluding carboxylic acids is 1. The molecule has 2 nitrogen and oxygen atoms in total. The van der Waals surface area contributed by atoms with Gasteiger partial charge in [0, 0.05) is 12.0 Å². The van der Waals surface area contributed by atoms with Gasteiger partial charge in [0.25, 0.3) is 0 Å². The summed E-state index contributed by atoms with van der Waals surface area (Å²) in [4.78, 5) is 12.4. The van der Waals surface area contributed by atoms with E-state index >= 15 is 0 Å². The SMILES string of the molecule is O=C(c1cccc(C(F)(F)F)c1)c1cccc2c1OCC2. The summed E-state index contributed by atoms with van der Waals surface area (Å²) in [6.45, 7) is 0.488. The van der Waals surface area contributed by atoms with Crippen LogP contribution in [0.15, 0.2) is 42.5 Å². The maximum absolute atomic E-state index is 12.7. The second-order valence-electron chi connectivity index (χ2n) is 4.80. The van der Waals surface area contributed by atoms with E-state index in [1.165, 1.54) is 12.1 Å². The van der Waals surface area contributed by atoms with Gasteiger partial charge in [0.2, 0.25) is 0 Å². The highest BCUT2D eigenvalue weighted by molar-refractivity contribution is 6.11. The highest BCUT2D eigenvalue weighted by Gasteiger charge is 2.31. The highest BCUT2D eigenvalue weighted by Crippen LogP contribution is 2.33. The van der Waals surface area contributed by atoms with Gasteiger partial charge in [-0.25, -0.2) is 0 Å². The lowest BCUT2D eigenvalue weighted by Crippen LogP contribution is -2.08. The van der Waals surface area contributed by atoms with E-state index in [2.05, 4.69) is 0 Å². The van der Waals surface area contributed by atoms with Crippen molar-refractivity contribution in [3.8, 4) is 5.75 Å². The van der Waals surface area contributed by atoms with Gasteiger partial charge in [-0.3, -0.25) is 4.79 Å². The maximum atomic E-state index is 12.7. The van der Waals surface area contributed by atoms with Gasteiger partial charge in [-0.2, -0.15) is 13.2 Å². The van der Waals surface area contributed by atoms with Crippen molar-refractivity contribution in [2.24, 2.45) is 0 Å². The third kappa shape index (κ3) is 2.51. The molecular formula is C16H11F3O2. The van der Waals surface area contributed by atoms with Crippen molar-refractivity contribution in [2.45, 2.75) is 12.6 Å². The molecule has 21 heavy (non-hydrogen) atoms. The minimum absolute atomic E-state index is 0.00808. The van der Waals surface area contributed by atoms with E-state index in [-0.39, 0.29) is 5.56 Å². The van der Waals surface area contributed by atoms with Gasteiger partial charge in [0.1, 0.15) is 5.75 Å². The predicted molar refractivity (Wildman–Crippen MR) is 70.5 cm³/mol. The van der Waals surface area contributed by atoms with Crippen LogP contribution in [0.4, 0.5) is 13.2 Å². The molecule has 108 valence electrons. The first-order valence-electron chi connectivity index (χ1n) is 6.43.